The lowest BCUT2D eigenvalue weighted by Gasteiger charge is -2.29. The number of benzene rings is 2. The van der Waals surface area contributed by atoms with Crippen LogP contribution < -0.4 is 16.0 Å². The summed E-state index contributed by atoms with van der Waals surface area (Å²) in [6.45, 7) is 2.62. The molecule has 7 heteroatoms. The second kappa shape index (κ2) is 8.77. The van der Waals surface area contributed by atoms with Crippen LogP contribution in [0.2, 0.25) is 0 Å². The maximum Gasteiger partial charge on any atom is 0.255 e. The fraction of sp³-hybridized carbons (Fsp3) is 0.348. The van der Waals surface area contributed by atoms with Crippen LogP contribution in [0.4, 0.5) is 0 Å². The van der Waals surface area contributed by atoms with E-state index in [1.165, 1.54) is 11.1 Å². The normalized spacial score (nSPS) is 18.5. The number of nitrogens with one attached hydrogen (secondary N) is 3. The van der Waals surface area contributed by atoms with Crippen molar-refractivity contribution in [2.75, 3.05) is 7.05 Å². The Morgan fingerprint density at radius 3 is 2.43 bits per heavy atom. The Balaban J connectivity index is 1.41. The molecule has 2 aliphatic heterocycles. The van der Waals surface area contributed by atoms with Crippen molar-refractivity contribution in [1.29, 1.82) is 0 Å². The fourth-order valence-electron chi connectivity index (χ4n) is 4.14. The van der Waals surface area contributed by atoms with Gasteiger partial charge >= 0.3 is 0 Å². The number of carbonyl (C=O) groups is 3. The van der Waals surface area contributed by atoms with E-state index in [4.69, 9.17) is 0 Å². The van der Waals surface area contributed by atoms with Crippen LogP contribution in [0.3, 0.4) is 0 Å². The second-order valence-corrected chi connectivity index (χ2v) is 7.79. The molecule has 0 saturated carbocycles. The molecule has 156 valence electrons. The first-order chi connectivity index (χ1) is 14.6. The highest BCUT2D eigenvalue weighted by atomic mass is 16.2. The molecule has 2 heterocycles. The zero-order valence-electron chi connectivity index (χ0n) is 17.0. The van der Waals surface area contributed by atoms with E-state index in [9.17, 15) is 14.4 Å². The van der Waals surface area contributed by atoms with Gasteiger partial charge in [0.15, 0.2) is 0 Å². The first-order valence-electron chi connectivity index (χ1n) is 10.3. The van der Waals surface area contributed by atoms with Crippen molar-refractivity contribution in [3.05, 3.63) is 70.3 Å². The van der Waals surface area contributed by atoms with E-state index in [0.717, 1.165) is 24.2 Å². The number of fused-ring (bicyclic) bond motifs is 1. The van der Waals surface area contributed by atoms with Crippen molar-refractivity contribution in [2.45, 2.75) is 45.1 Å². The summed E-state index contributed by atoms with van der Waals surface area (Å²) in [7, 11) is 1.93. The van der Waals surface area contributed by atoms with Crippen molar-refractivity contribution in [3.63, 3.8) is 0 Å². The molecule has 2 aliphatic rings. The molecule has 2 aromatic carbocycles. The highest BCUT2D eigenvalue weighted by Crippen LogP contribution is 2.29. The average Bonchev–Trinajstić information content (AvgIpc) is 3.07. The van der Waals surface area contributed by atoms with E-state index in [0.29, 0.717) is 25.1 Å². The molecule has 0 spiro atoms. The minimum absolute atomic E-state index is 0.138. The number of rotatable bonds is 7. The number of hydrogen-bond acceptors (Lipinski definition) is 5. The maximum absolute atomic E-state index is 12.9. The maximum atomic E-state index is 12.9. The predicted molar refractivity (Wildman–Crippen MR) is 112 cm³/mol. The highest BCUT2D eigenvalue weighted by molar-refractivity contribution is 6.05. The summed E-state index contributed by atoms with van der Waals surface area (Å²) >= 11 is 0. The standard InChI is InChI=1S/C23H26N4O3/c1-24-11-15-5-7-16(8-6-15)12-25-13-17-3-2-4-18-19(17)14-27(23(18)30)20-9-10-21(28)26-22(20)29/h2-8,20,24-25H,9-14H2,1H3,(H,26,28,29). The molecule has 1 unspecified atom stereocenters. The summed E-state index contributed by atoms with van der Waals surface area (Å²) in [5.41, 5.74) is 5.11. The lowest BCUT2D eigenvalue weighted by atomic mass is 10.0. The summed E-state index contributed by atoms with van der Waals surface area (Å²) in [6.07, 6.45) is 0.638. The first kappa shape index (κ1) is 20.3. The number of nitrogens with zero attached hydrogens (tertiary/aromatic N) is 1. The van der Waals surface area contributed by atoms with Crippen LogP contribution >= 0.6 is 0 Å². The quantitative estimate of drug-likeness (QED) is 0.606. The summed E-state index contributed by atoms with van der Waals surface area (Å²) in [4.78, 5) is 38.1. The number of amides is 3. The molecule has 4 rings (SSSR count). The molecule has 0 aliphatic carbocycles. The van der Waals surface area contributed by atoms with Crippen LogP contribution in [0.25, 0.3) is 0 Å². The van der Waals surface area contributed by atoms with Gasteiger partial charge in [-0.1, -0.05) is 36.4 Å². The van der Waals surface area contributed by atoms with E-state index in [1.54, 1.807) is 4.90 Å². The van der Waals surface area contributed by atoms with Crippen LogP contribution in [-0.2, 0) is 35.8 Å². The molecule has 3 N–H and O–H groups in total. The van der Waals surface area contributed by atoms with Gasteiger partial charge < -0.3 is 15.5 Å². The Morgan fingerprint density at radius 2 is 1.73 bits per heavy atom. The lowest BCUT2D eigenvalue weighted by molar-refractivity contribution is -0.136. The van der Waals surface area contributed by atoms with E-state index in [-0.39, 0.29) is 24.1 Å². The summed E-state index contributed by atoms with van der Waals surface area (Å²) < 4.78 is 0. The topological polar surface area (TPSA) is 90.5 Å². The van der Waals surface area contributed by atoms with Gasteiger partial charge in [-0.2, -0.15) is 0 Å². The molecular weight excluding hydrogens is 380 g/mol. The van der Waals surface area contributed by atoms with Gasteiger partial charge in [0.05, 0.1) is 0 Å². The minimum atomic E-state index is -0.584. The predicted octanol–water partition coefficient (Wildman–Crippen LogP) is 1.46. The smallest absolute Gasteiger partial charge is 0.255 e. The Labute approximate surface area is 175 Å². The Bertz CT molecular complexity index is 971. The van der Waals surface area contributed by atoms with Crippen molar-refractivity contribution in [1.82, 2.24) is 20.9 Å². The Hall–Kier alpha value is -3.03. The summed E-state index contributed by atoms with van der Waals surface area (Å²) in [5, 5.41) is 8.94. The Kier molecular flexibility index (Phi) is 5.92. The van der Waals surface area contributed by atoms with E-state index >= 15 is 0 Å². The zero-order chi connectivity index (χ0) is 21.1. The number of carbonyl (C=O) groups excluding carboxylic acids is 3. The van der Waals surface area contributed by atoms with Gasteiger partial charge in [-0.3, -0.25) is 19.7 Å². The molecule has 0 bridgehead atoms. The van der Waals surface area contributed by atoms with Crippen LogP contribution in [-0.4, -0.2) is 35.7 Å². The highest BCUT2D eigenvalue weighted by Gasteiger charge is 2.39. The van der Waals surface area contributed by atoms with Crippen LogP contribution in [0.1, 0.15) is 45.5 Å². The third-order valence-electron chi connectivity index (χ3n) is 5.73. The Morgan fingerprint density at radius 1 is 1.00 bits per heavy atom. The molecule has 2 aromatic rings. The van der Waals surface area contributed by atoms with E-state index < -0.39 is 6.04 Å². The second-order valence-electron chi connectivity index (χ2n) is 7.79. The third kappa shape index (κ3) is 4.13. The number of piperidine rings is 1. The number of hydrogen-bond donors (Lipinski definition) is 3. The largest absolute Gasteiger partial charge is 0.322 e. The van der Waals surface area contributed by atoms with E-state index in [2.05, 4.69) is 40.2 Å². The summed E-state index contributed by atoms with van der Waals surface area (Å²) in [6, 6.07) is 13.6. The van der Waals surface area contributed by atoms with Gasteiger partial charge in [-0.25, -0.2) is 0 Å². The van der Waals surface area contributed by atoms with Gasteiger partial charge in [-0.05, 0) is 41.8 Å². The van der Waals surface area contributed by atoms with Crippen LogP contribution in [0.15, 0.2) is 42.5 Å². The monoisotopic (exact) mass is 406 g/mol. The number of imide groups is 1. The molecule has 1 atom stereocenters. The van der Waals surface area contributed by atoms with Gasteiger partial charge in [0.25, 0.3) is 5.91 Å². The first-order valence-corrected chi connectivity index (χ1v) is 10.3. The van der Waals surface area contributed by atoms with Crippen molar-refractivity contribution in [2.24, 2.45) is 0 Å². The SMILES string of the molecule is CNCc1ccc(CNCc2cccc3c2CN(C2CCC(=O)NC2=O)C3=O)cc1. The van der Waals surface area contributed by atoms with Gasteiger partial charge in [0, 0.05) is 38.2 Å². The summed E-state index contributed by atoms with van der Waals surface area (Å²) in [5.74, 6) is -0.792. The fourth-order valence-corrected chi connectivity index (χ4v) is 4.14. The van der Waals surface area contributed by atoms with Crippen LogP contribution in [0.5, 0.6) is 0 Å². The average molecular weight is 406 g/mol. The molecule has 1 fully saturated rings. The van der Waals surface area contributed by atoms with Crippen molar-refractivity contribution in [3.8, 4) is 0 Å². The van der Waals surface area contributed by atoms with Crippen molar-refractivity contribution < 1.29 is 14.4 Å². The molecule has 0 radical (unpaired) electrons. The third-order valence-corrected chi connectivity index (χ3v) is 5.73. The van der Waals surface area contributed by atoms with Crippen LogP contribution in [0, 0.1) is 0 Å². The lowest BCUT2D eigenvalue weighted by Crippen LogP contribution is -2.52. The van der Waals surface area contributed by atoms with E-state index in [1.807, 2.05) is 25.2 Å². The van der Waals surface area contributed by atoms with Crippen molar-refractivity contribution >= 4 is 17.7 Å². The van der Waals surface area contributed by atoms with Gasteiger partial charge in [-0.15, -0.1) is 0 Å². The minimum Gasteiger partial charge on any atom is -0.322 e. The zero-order valence-corrected chi connectivity index (χ0v) is 17.0. The van der Waals surface area contributed by atoms with Gasteiger partial charge in [0.2, 0.25) is 11.8 Å². The van der Waals surface area contributed by atoms with Gasteiger partial charge in [0.1, 0.15) is 6.04 Å². The molecular formula is C23H26N4O3. The molecule has 3 amide bonds. The molecule has 1 saturated heterocycles. The molecule has 30 heavy (non-hydrogen) atoms. The molecule has 0 aromatic heterocycles. The molecule has 7 nitrogen and oxygen atoms in total.